The fourth-order valence-electron chi connectivity index (χ4n) is 3.28. The number of hydrogen-bond acceptors (Lipinski definition) is 7. The van der Waals surface area contributed by atoms with Crippen LogP contribution in [0.15, 0.2) is 50.8 Å². The molecule has 9 heteroatoms. The molecule has 0 N–H and O–H groups in total. The molecule has 0 saturated heterocycles. The van der Waals surface area contributed by atoms with Gasteiger partial charge in [0.15, 0.2) is 6.10 Å². The maximum atomic E-state index is 13.3. The van der Waals surface area contributed by atoms with Crippen LogP contribution in [0.5, 0.6) is 5.75 Å². The summed E-state index contributed by atoms with van der Waals surface area (Å²) in [6, 6.07) is 11.0. The third kappa shape index (κ3) is 5.64. The minimum atomic E-state index is -0.807. The Morgan fingerprint density at radius 2 is 1.94 bits per heavy atom. The Kier molecular flexibility index (Phi) is 8.09. The van der Waals surface area contributed by atoms with Gasteiger partial charge in [0.25, 0.3) is 5.56 Å². The number of aromatic nitrogens is 2. The molecule has 0 saturated carbocycles. The molecule has 3 aromatic rings. The normalized spacial score (nSPS) is 12.4. The topological polar surface area (TPSA) is 86.0 Å². The summed E-state index contributed by atoms with van der Waals surface area (Å²) < 4.78 is 13.1. The van der Waals surface area contributed by atoms with Crippen molar-refractivity contribution < 1.29 is 14.3 Å². The fraction of sp³-hybridized carbons (Fsp3) is 0.360. The van der Waals surface area contributed by atoms with Crippen molar-refractivity contribution in [3.8, 4) is 5.75 Å². The summed E-state index contributed by atoms with van der Waals surface area (Å²) in [5, 5.41) is 4.96. The molecule has 0 bridgehead atoms. The van der Waals surface area contributed by atoms with Gasteiger partial charge in [-0.05, 0) is 44.2 Å². The van der Waals surface area contributed by atoms with E-state index < -0.39 is 12.1 Å². The van der Waals surface area contributed by atoms with E-state index in [1.54, 1.807) is 26.1 Å². The van der Waals surface area contributed by atoms with E-state index in [2.05, 4.69) is 26.0 Å². The van der Waals surface area contributed by atoms with Gasteiger partial charge in [-0.15, -0.1) is 0 Å². The maximum absolute atomic E-state index is 13.3. The minimum Gasteiger partial charge on any atom is -0.478 e. The van der Waals surface area contributed by atoms with Crippen molar-refractivity contribution in [2.45, 2.75) is 39.7 Å². The second kappa shape index (κ2) is 10.8. The number of anilines is 1. The van der Waals surface area contributed by atoms with Crippen molar-refractivity contribution in [2.75, 3.05) is 25.6 Å². The molecule has 180 valence electrons. The Bertz CT molecular complexity index is 1280. The molecule has 0 amide bonds. The first-order valence-corrected chi connectivity index (χ1v) is 11.8. The number of nitrogens with zero attached hydrogens (tertiary/aromatic N) is 4. The summed E-state index contributed by atoms with van der Waals surface area (Å²) in [6.07, 6.45) is 0.740. The lowest BCUT2D eigenvalue weighted by Gasteiger charge is -2.19. The molecule has 8 nitrogen and oxygen atoms in total. The molecule has 1 atom stereocenters. The highest BCUT2D eigenvalue weighted by molar-refractivity contribution is 9.10. The van der Waals surface area contributed by atoms with Crippen LogP contribution in [0.25, 0.3) is 10.9 Å². The van der Waals surface area contributed by atoms with Crippen molar-refractivity contribution >= 4 is 44.7 Å². The van der Waals surface area contributed by atoms with E-state index in [9.17, 15) is 9.59 Å². The highest BCUT2D eigenvalue weighted by Crippen LogP contribution is 2.25. The molecule has 1 heterocycles. The Balaban J connectivity index is 2.09. The third-order valence-electron chi connectivity index (χ3n) is 5.10. The molecule has 0 unspecified atom stereocenters. The lowest BCUT2D eigenvalue weighted by molar-refractivity contribution is -0.150. The average molecular weight is 529 g/mol. The number of benzene rings is 2. The fourth-order valence-corrected chi connectivity index (χ4v) is 3.64. The highest BCUT2D eigenvalue weighted by Gasteiger charge is 2.18. The van der Waals surface area contributed by atoms with Gasteiger partial charge in [-0.3, -0.25) is 4.79 Å². The molecular weight excluding hydrogens is 500 g/mol. The Morgan fingerprint density at radius 3 is 2.59 bits per heavy atom. The lowest BCUT2D eigenvalue weighted by Crippen LogP contribution is -2.26. The number of carbonyl (C=O) groups is 1. The predicted molar refractivity (Wildman–Crippen MR) is 138 cm³/mol. The summed E-state index contributed by atoms with van der Waals surface area (Å²) in [5.74, 6) is 0.506. The van der Waals surface area contributed by atoms with Gasteiger partial charge in [0.1, 0.15) is 11.6 Å². The van der Waals surface area contributed by atoms with Crippen LogP contribution in [0.4, 0.5) is 5.69 Å². The summed E-state index contributed by atoms with van der Waals surface area (Å²) in [5.41, 5.74) is 1.85. The summed E-state index contributed by atoms with van der Waals surface area (Å²) in [6.45, 7) is 7.56. The van der Waals surface area contributed by atoms with E-state index >= 15 is 0 Å². The predicted octanol–water partition coefficient (Wildman–Crippen LogP) is 4.56. The molecule has 0 spiro atoms. The van der Waals surface area contributed by atoms with Gasteiger partial charge < -0.3 is 14.4 Å². The first-order valence-electron chi connectivity index (χ1n) is 11.0. The molecular formula is C25H29BrN4O4. The zero-order valence-corrected chi connectivity index (χ0v) is 21.8. The molecule has 0 radical (unpaired) electrons. The van der Waals surface area contributed by atoms with E-state index in [1.165, 1.54) is 4.68 Å². The number of fused-ring (bicyclic) bond motifs is 1. The monoisotopic (exact) mass is 528 g/mol. The highest BCUT2D eigenvalue weighted by atomic mass is 79.9. The second-order valence-electron chi connectivity index (χ2n) is 8.28. The lowest BCUT2D eigenvalue weighted by atomic mass is 10.1. The molecule has 0 aliphatic heterocycles. The average Bonchev–Trinajstić information content (AvgIpc) is 2.79. The quantitative estimate of drug-likeness (QED) is 0.314. The minimum absolute atomic E-state index is 0.0337. The van der Waals surface area contributed by atoms with Gasteiger partial charge in [-0.2, -0.15) is 9.78 Å². The van der Waals surface area contributed by atoms with Crippen LogP contribution in [-0.2, 0) is 9.53 Å². The van der Waals surface area contributed by atoms with Crippen LogP contribution in [0.2, 0.25) is 0 Å². The standard InChI is InChI=1S/C25H29BrN4O4/c1-7-33-25(32)16(4)34-22-13-19(29(5)6)10-8-17(22)14-27-30-23(15(2)3)28-21-11-9-18(26)12-20(21)24(30)31/h8-16H,7H2,1-6H3/t16-/m1/s1. The number of carbonyl (C=O) groups excluding carboxylic acids is 1. The van der Waals surface area contributed by atoms with Gasteiger partial charge >= 0.3 is 5.97 Å². The zero-order chi connectivity index (χ0) is 25.0. The van der Waals surface area contributed by atoms with Crippen LogP contribution < -0.4 is 15.2 Å². The number of rotatable bonds is 8. The van der Waals surface area contributed by atoms with Crippen molar-refractivity contribution in [3.63, 3.8) is 0 Å². The third-order valence-corrected chi connectivity index (χ3v) is 5.59. The van der Waals surface area contributed by atoms with Gasteiger partial charge in [-0.25, -0.2) is 9.78 Å². The van der Waals surface area contributed by atoms with Gasteiger partial charge in [0.05, 0.1) is 23.7 Å². The SMILES string of the molecule is CCOC(=O)[C@@H](C)Oc1cc(N(C)C)ccc1C=Nn1c(C(C)C)nc2ccc(Br)cc2c1=O. The molecule has 2 aromatic carbocycles. The number of hydrogen-bond donors (Lipinski definition) is 0. The van der Waals surface area contributed by atoms with E-state index in [4.69, 9.17) is 9.47 Å². The van der Waals surface area contributed by atoms with E-state index in [-0.39, 0.29) is 18.1 Å². The molecule has 0 aliphatic carbocycles. The van der Waals surface area contributed by atoms with E-state index in [0.717, 1.165) is 10.2 Å². The molecule has 34 heavy (non-hydrogen) atoms. The van der Waals surface area contributed by atoms with E-state index in [1.807, 2.05) is 63.2 Å². The first-order chi connectivity index (χ1) is 16.1. The second-order valence-corrected chi connectivity index (χ2v) is 9.19. The van der Waals surface area contributed by atoms with Gasteiger partial charge in [-0.1, -0.05) is 29.8 Å². The van der Waals surface area contributed by atoms with Crippen LogP contribution in [0.3, 0.4) is 0 Å². The van der Waals surface area contributed by atoms with Crippen LogP contribution in [0.1, 0.15) is 45.0 Å². The summed E-state index contributed by atoms with van der Waals surface area (Å²) >= 11 is 3.42. The summed E-state index contributed by atoms with van der Waals surface area (Å²) in [4.78, 5) is 32.0. The number of ether oxygens (including phenoxy) is 2. The Morgan fingerprint density at radius 1 is 1.21 bits per heavy atom. The Labute approximate surface area is 207 Å². The first kappa shape index (κ1) is 25.4. The molecule has 1 aromatic heterocycles. The molecule has 0 aliphatic rings. The van der Waals surface area contributed by atoms with Gasteiger partial charge in [0.2, 0.25) is 0 Å². The van der Waals surface area contributed by atoms with Crippen molar-refractivity contribution in [1.29, 1.82) is 0 Å². The molecule has 0 fully saturated rings. The Hall–Kier alpha value is -3.20. The smallest absolute Gasteiger partial charge is 0.347 e. The van der Waals surface area contributed by atoms with E-state index in [0.29, 0.717) is 28.0 Å². The zero-order valence-electron chi connectivity index (χ0n) is 20.2. The van der Waals surface area contributed by atoms with Crippen LogP contribution in [-0.4, -0.2) is 48.7 Å². The largest absolute Gasteiger partial charge is 0.478 e. The summed E-state index contributed by atoms with van der Waals surface area (Å²) in [7, 11) is 3.82. The van der Waals surface area contributed by atoms with Gasteiger partial charge in [0, 0.05) is 41.8 Å². The van der Waals surface area contributed by atoms with Crippen molar-refractivity contribution in [1.82, 2.24) is 9.66 Å². The van der Waals surface area contributed by atoms with Crippen molar-refractivity contribution in [2.24, 2.45) is 5.10 Å². The molecule has 3 rings (SSSR count). The van der Waals surface area contributed by atoms with Crippen molar-refractivity contribution in [3.05, 3.63) is 62.6 Å². The maximum Gasteiger partial charge on any atom is 0.347 e. The van der Waals surface area contributed by atoms with Crippen LogP contribution in [0, 0.1) is 0 Å². The number of esters is 1. The van der Waals surface area contributed by atoms with Crippen LogP contribution >= 0.6 is 15.9 Å². The number of halogens is 1.